The number of ether oxygens (including phenoxy) is 2. The zero-order chi connectivity index (χ0) is 17.9. The van der Waals surface area contributed by atoms with Crippen molar-refractivity contribution < 1.29 is 23.9 Å². The fourth-order valence-electron chi connectivity index (χ4n) is 2.05. The van der Waals surface area contributed by atoms with Crippen molar-refractivity contribution in [2.75, 3.05) is 19.8 Å². The molecule has 0 saturated heterocycles. The van der Waals surface area contributed by atoms with E-state index >= 15 is 0 Å². The lowest BCUT2D eigenvalue weighted by Crippen LogP contribution is -2.34. The summed E-state index contributed by atoms with van der Waals surface area (Å²) in [6, 6.07) is 7.06. The lowest BCUT2D eigenvalue weighted by molar-refractivity contribution is -0.149. The van der Waals surface area contributed by atoms with Gasteiger partial charge in [0.15, 0.2) is 0 Å². The van der Waals surface area contributed by atoms with Crippen molar-refractivity contribution in [3.05, 3.63) is 34.9 Å². The van der Waals surface area contributed by atoms with Crippen LogP contribution in [0.5, 0.6) is 0 Å². The van der Waals surface area contributed by atoms with Crippen molar-refractivity contribution in [2.45, 2.75) is 33.2 Å². The normalized spacial score (nSPS) is 10.1. The van der Waals surface area contributed by atoms with Crippen LogP contribution in [0.15, 0.2) is 24.3 Å². The highest BCUT2D eigenvalue weighted by molar-refractivity contribution is 6.30. The zero-order valence-electron chi connectivity index (χ0n) is 13.9. The van der Waals surface area contributed by atoms with Crippen molar-refractivity contribution in [1.82, 2.24) is 4.90 Å². The molecule has 0 radical (unpaired) electrons. The average molecular weight is 356 g/mol. The maximum atomic E-state index is 12.3. The van der Waals surface area contributed by atoms with Gasteiger partial charge in [0.05, 0.1) is 19.6 Å². The third-order valence-electron chi connectivity index (χ3n) is 3.11. The molecule has 0 fully saturated rings. The van der Waals surface area contributed by atoms with Gasteiger partial charge < -0.3 is 14.4 Å². The van der Waals surface area contributed by atoms with E-state index in [1.165, 1.54) is 4.90 Å². The zero-order valence-corrected chi connectivity index (χ0v) is 14.7. The van der Waals surface area contributed by atoms with Gasteiger partial charge in [0.25, 0.3) is 0 Å². The molecule has 132 valence electrons. The lowest BCUT2D eigenvalue weighted by atomic mass is 10.2. The first kappa shape index (κ1) is 20.0. The predicted octanol–water partition coefficient (Wildman–Crippen LogP) is 2.58. The van der Waals surface area contributed by atoms with Crippen LogP contribution in [0.4, 0.5) is 0 Å². The number of hydrogen-bond acceptors (Lipinski definition) is 5. The van der Waals surface area contributed by atoms with Crippen molar-refractivity contribution in [3.63, 3.8) is 0 Å². The highest BCUT2D eigenvalue weighted by atomic mass is 35.5. The fourth-order valence-corrected chi connectivity index (χ4v) is 2.27. The van der Waals surface area contributed by atoms with Gasteiger partial charge in [0, 0.05) is 18.1 Å². The van der Waals surface area contributed by atoms with Crippen LogP contribution in [0, 0.1) is 0 Å². The Hall–Kier alpha value is -2.08. The molecule has 6 nitrogen and oxygen atoms in total. The highest BCUT2D eigenvalue weighted by Crippen LogP contribution is 2.14. The van der Waals surface area contributed by atoms with Crippen LogP contribution in [0.2, 0.25) is 5.02 Å². The summed E-state index contributed by atoms with van der Waals surface area (Å²) in [7, 11) is 0. The van der Waals surface area contributed by atoms with E-state index in [1.807, 2.05) is 6.07 Å². The Labute approximate surface area is 146 Å². The Balaban J connectivity index is 2.75. The number of carbonyl (C=O) groups is 3. The SMILES string of the molecule is CCOC(=O)CCN(Cc1cccc(Cl)c1)C(=O)CC(=O)OCC. The van der Waals surface area contributed by atoms with E-state index < -0.39 is 17.8 Å². The summed E-state index contributed by atoms with van der Waals surface area (Å²) in [6.45, 7) is 4.29. The van der Waals surface area contributed by atoms with E-state index in [9.17, 15) is 14.4 Å². The third-order valence-corrected chi connectivity index (χ3v) is 3.34. The lowest BCUT2D eigenvalue weighted by Gasteiger charge is -2.22. The van der Waals surface area contributed by atoms with Gasteiger partial charge in [0.1, 0.15) is 6.42 Å². The van der Waals surface area contributed by atoms with E-state index in [1.54, 1.807) is 32.0 Å². The molecule has 0 bridgehead atoms. The maximum absolute atomic E-state index is 12.3. The number of hydrogen-bond donors (Lipinski definition) is 0. The van der Waals surface area contributed by atoms with Gasteiger partial charge in [-0.2, -0.15) is 0 Å². The van der Waals surface area contributed by atoms with Gasteiger partial charge >= 0.3 is 11.9 Å². The molecule has 0 aliphatic carbocycles. The summed E-state index contributed by atoms with van der Waals surface area (Å²) < 4.78 is 9.67. The van der Waals surface area contributed by atoms with Gasteiger partial charge in [0.2, 0.25) is 5.91 Å². The number of esters is 2. The van der Waals surface area contributed by atoms with Gasteiger partial charge in [-0.25, -0.2) is 0 Å². The Kier molecular flexibility index (Phi) is 8.86. The standard InChI is InChI=1S/C17H22ClNO5/c1-3-23-16(21)8-9-19(15(20)11-17(22)24-4-2)12-13-6-5-7-14(18)10-13/h5-7,10H,3-4,8-9,11-12H2,1-2H3. The summed E-state index contributed by atoms with van der Waals surface area (Å²) in [4.78, 5) is 36.8. The molecule has 1 rings (SSSR count). The molecule has 1 amide bonds. The van der Waals surface area contributed by atoms with Crippen molar-refractivity contribution >= 4 is 29.4 Å². The molecule has 0 aliphatic rings. The van der Waals surface area contributed by atoms with Crippen molar-refractivity contribution in [3.8, 4) is 0 Å². The third kappa shape index (κ3) is 7.46. The molecule has 7 heteroatoms. The number of benzene rings is 1. The van der Waals surface area contributed by atoms with Gasteiger partial charge in [-0.15, -0.1) is 0 Å². The second-order valence-corrected chi connectivity index (χ2v) is 5.42. The molecule has 1 aromatic carbocycles. The number of rotatable bonds is 9. The number of halogens is 1. The second-order valence-electron chi connectivity index (χ2n) is 4.98. The number of carbonyl (C=O) groups excluding carboxylic acids is 3. The van der Waals surface area contributed by atoms with Gasteiger partial charge in [-0.1, -0.05) is 23.7 Å². The molecule has 0 unspecified atom stereocenters. The molecular formula is C17H22ClNO5. The highest BCUT2D eigenvalue weighted by Gasteiger charge is 2.19. The molecule has 0 atom stereocenters. The Morgan fingerprint density at radius 3 is 2.38 bits per heavy atom. The van der Waals surface area contributed by atoms with Crippen LogP contribution >= 0.6 is 11.6 Å². The van der Waals surface area contributed by atoms with E-state index in [4.69, 9.17) is 21.1 Å². The van der Waals surface area contributed by atoms with E-state index in [2.05, 4.69) is 0 Å². The Morgan fingerprint density at radius 1 is 1.08 bits per heavy atom. The van der Waals surface area contributed by atoms with E-state index in [0.717, 1.165) is 5.56 Å². The Morgan fingerprint density at radius 2 is 1.75 bits per heavy atom. The van der Waals surface area contributed by atoms with Crippen molar-refractivity contribution in [1.29, 1.82) is 0 Å². The Bertz CT molecular complexity index is 576. The minimum atomic E-state index is -0.588. The largest absolute Gasteiger partial charge is 0.466 e. The molecule has 0 aliphatic heterocycles. The summed E-state index contributed by atoms with van der Waals surface area (Å²) in [5, 5.41) is 0.552. The topological polar surface area (TPSA) is 72.9 Å². The monoisotopic (exact) mass is 355 g/mol. The average Bonchev–Trinajstić information content (AvgIpc) is 2.51. The smallest absolute Gasteiger partial charge is 0.315 e. The molecule has 0 heterocycles. The van der Waals surface area contributed by atoms with Crippen molar-refractivity contribution in [2.24, 2.45) is 0 Å². The molecule has 0 aromatic heterocycles. The molecule has 0 saturated carbocycles. The molecule has 0 N–H and O–H groups in total. The molecule has 24 heavy (non-hydrogen) atoms. The molecular weight excluding hydrogens is 334 g/mol. The maximum Gasteiger partial charge on any atom is 0.315 e. The van der Waals surface area contributed by atoms with Crippen LogP contribution in [0.3, 0.4) is 0 Å². The quantitative estimate of drug-likeness (QED) is 0.503. The van der Waals surface area contributed by atoms with Crippen LogP contribution in [-0.4, -0.2) is 42.5 Å². The summed E-state index contributed by atoms with van der Waals surface area (Å²) >= 11 is 5.95. The van der Waals surface area contributed by atoms with Crippen LogP contribution in [-0.2, 0) is 30.4 Å². The minimum absolute atomic E-state index is 0.0585. The van der Waals surface area contributed by atoms with E-state index in [-0.39, 0.29) is 39.1 Å². The van der Waals surface area contributed by atoms with Crippen LogP contribution < -0.4 is 0 Å². The van der Waals surface area contributed by atoms with Gasteiger partial charge in [-0.05, 0) is 31.5 Å². The number of amides is 1. The van der Waals surface area contributed by atoms with Crippen LogP contribution in [0.1, 0.15) is 32.3 Å². The van der Waals surface area contributed by atoms with E-state index in [0.29, 0.717) is 5.02 Å². The first-order chi connectivity index (χ1) is 11.5. The van der Waals surface area contributed by atoms with Gasteiger partial charge in [-0.3, -0.25) is 14.4 Å². The first-order valence-electron chi connectivity index (χ1n) is 7.79. The second kappa shape index (κ2) is 10.6. The molecule has 0 spiro atoms. The summed E-state index contributed by atoms with van der Waals surface area (Å²) in [5.41, 5.74) is 0.809. The predicted molar refractivity (Wildman–Crippen MR) is 89.4 cm³/mol. The fraction of sp³-hybridized carbons (Fsp3) is 0.471. The molecule has 1 aromatic rings. The van der Waals surface area contributed by atoms with Crippen LogP contribution in [0.25, 0.3) is 0 Å². The summed E-state index contributed by atoms with van der Waals surface area (Å²) in [6.07, 6.45) is -0.305. The number of nitrogens with zero attached hydrogens (tertiary/aromatic N) is 1. The first-order valence-corrected chi connectivity index (χ1v) is 8.17. The summed E-state index contributed by atoms with van der Waals surface area (Å²) in [5.74, 6) is -1.38. The minimum Gasteiger partial charge on any atom is -0.466 e.